The summed E-state index contributed by atoms with van der Waals surface area (Å²) in [4.78, 5) is 16.1. The third kappa shape index (κ3) is 5.28. The van der Waals surface area contributed by atoms with Crippen LogP contribution in [0.25, 0.3) is 11.4 Å². The lowest BCUT2D eigenvalue weighted by molar-refractivity contribution is 0.0119. The molecule has 10 heteroatoms. The smallest absolute Gasteiger partial charge is 0.252 e. The SMILES string of the molecule is CCc1cnc(N2CCC(OCc3nc(-c4ccc(S(C)=O)c(Cl)c4)no3)CC2)nc1. The summed E-state index contributed by atoms with van der Waals surface area (Å²) in [6, 6.07) is 5.19. The number of aromatic nitrogens is 4. The molecule has 1 aliphatic rings. The Bertz CT molecular complexity index is 1050. The van der Waals surface area contributed by atoms with Gasteiger partial charge in [0, 0.05) is 37.3 Å². The molecule has 4 rings (SSSR count). The molecule has 1 unspecified atom stereocenters. The zero-order valence-electron chi connectivity index (χ0n) is 17.5. The highest BCUT2D eigenvalue weighted by Gasteiger charge is 2.22. The molecule has 1 aliphatic heterocycles. The van der Waals surface area contributed by atoms with Crippen LogP contribution in [0.1, 0.15) is 31.2 Å². The van der Waals surface area contributed by atoms with Gasteiger partial charge in [-0.3, -0.25) is 4.21 Å². The Balaban J connectivity index is 1.29. The standard InChI is InChI=1S/C21H24ClN5O3S/c1-3-14-11-23-21(24-12-14)27-8-6-16(7-9-27)29-13-19-25-20(26-30-19)15-4-5-18(31(2)28)17(22)10-15/h4-5,10-12,16H,3,6-9,13H2,1-2H3. The average Bonchev–Trinajstić information content (AvgIpc) is 3.27. The number of halogens is 1. The molecule has 0 spiro atoms. The van der Waals surface area contributed by atoms with E-state index in [1.807, 2.05) is 12.4 Å². The van der Waals surface area contributed by atoms with E-state index in [1.54, 1.807) is 24.5 Å². The second kappa shape index (κ2) is 9.84. The third-order valence-electron chi connectivity index (χ3n) is 5.24. The fraction of sp³-hybridized carbons (Fsp3) is 0.429. The van der Waals surface area contributed by atoms with Crippen LogP contribution in [0.4, 0.5) is 5.95 Å². The Morgan fingerprint density at radius 1 is 1.26 bits per heavy atom. The lowest BCUT2D eigenvalue weighted by Crippen LogP contribution is -2.38. The van der Waals surface area contributed by atoms with Crippen LogP contribution in [0.15, 0.2) is 40.0 Å². The molecule has 31 heavy (non-hydrogen) atoms. The average molecular weight is 462 g/mol. The quantitative estimate of drug-likeness (QED) is 0.526. The van der Waals surface area contributed by atoms with Crippen molar-refractivity contribution in [2.75, 3.05) is 24.2 Å². The van der Waals surface area contributed by atoms with Crippen LogP contribution in [0.3, 0.4) is 0 Å². The van der Waals surface area contributed by atoms with E-state index in [1.165, 1.54) is 0 Å². The number of hydrogen-bond donors (Lipinski definition) is 0. The number of ether oxygens (including phenoxy) is 1. The van der Waals surface area contributed by atoms with Gasteiger partial charge in [0.05, 0.1) is 26.8 Å². The lowest BCUT2D eigenvalue weighted by Gasteiger charge is -2.31. The summed E-state index contributed by atoms with van der Waals surface area (Å²) in [5.74, 6) is 1.61. The Morgan fingerprint density at radius 2 is 2.00 bits per heavy atom. The minimum atomic E-state index is -1.15. The number of hydrogen-bond acceptors (Lipinski definition) is 8. The van der Waals surface area contributed by atoms with Gasteiger partial charge in [-0.15, -0.1) is 0 Å². The van der Waals surface area contributed by atoms with E-state index in [0.29, 0.717) is 27.2 Å². The summed E-state index contributed by atoms with van der Waals surface area (Å²) < 4.78 is 22.9. The molecule has 3 aromatic rings. The summed E-state index contributed by atoms with van der Waals surface area (Å²) in [5, 5.41) is 4.42. The van der Waals surface area contributed by atoms with E-state index >= 15 is 0 Å². The number of aryl methyl sites for hydroxylation is 1. The highest BCUT2D eigenvalue weighted by molar-refractivity contribution is 7.84. The van der Waals surface area contributed by atoms with Crippen LogP contribution in [0.2, 0.25) is 5.02 Å². The van der Waals surface area contributed by atoms with Crippen molar-refractivity contribution in [3.05, 3.63) is 47.1 Å². The topological polar surface area (TPSA) is 94.2 Å². The maximum Gasteiger partial charge on any atom is 0.252 e. The molecule has 1 aromatic carbocycles. The molecule has 1 saturated heterocycles. The molecule has 0 bridgehead atoms. The van der Waals surface area contributed by atoms with Crippen LogP contribution in [-0.2, 0) is 28.6 Å². The summed E-state index contributed by atoms with van der Waals surface area (Å²) in [7, 11) is -1.15. The van der Waals surface area contributed by atoms with Gasteiger partial charge >= 0.3 is 0 Å². The van der Waals surface area contributed by atoms with Gasteiger partial charge in [0.25, 0.3) is 5.89 Å². The largest absolute Gasteiger partial charge is 0.368 e. The van der Waals surface area contributed by atoms with Gasteiger partial charge in [-0.25, -0.2) is 9.97 Å². The first-order valence-corrected chi connectivity index (χ1v) is 12.1. The minimum absolute atomic E-state index is 0.120. The van der Waals surface area contributed by atoms with E-state index in [-0.39, 0.29) is 12.7 Å². The molecule has 0 amide bonds. The first-order chi connectivity index (χ1) is 15.0. The second-order valence-corrected chi connectivity index (χ2v) is 9.11. The number of anilines is 1. The highest BCUT2D eigenvalue weighted by atomic mass is 35.5. The zero-order chi connectivity index (χ0) is 21.8. The number of piperidine rings is 1. The molecule has 0 aliphatic carbocycles. The van der Waals surface area contributed by atoms with Gasteiger partial charge in [0.15, 0.2) is 0 Å². The molecule has 164 valence electrons. The van der Waals surface area contributed by atoms with Crippen LogP contribution in [0, 0.1) is 0 Å². The summed E-state index contributed by atoms with van der Waals surface area (Å²) in [6.07, 6.45) is 8.18. The van der Waals surface area contributed by atoms with Crippen LogP contribution in [-0.4, -0.2) is 49.8 Å². The molecule has 0 N–H and O–H groups in total. The van der Waals surface area contributed by atoms with Crippen molar-refractivity contribution >= 4 is 28.3 Å². The van der Waals surface area contributed by atoms with Gasteiger partial charge in [0.1, 0.15) is 6.61 Å². The van der Waals surface area contributed by atoms with Gasteiger partial charge < -0.3 is 14.2 Å². The van der Waals surface area contributed by atoms with Crippen molar-refractivity contribution in [3.63, 3.8) is 0 Å². The fourth-order valence-electron chi connectivity index (χ4n) is 3.41. The van der Waals surface area contributed by atoms with E-state index in [9.17, 15) is 4.21 Å². The number of nitrogens with zero attached hydrogens (tertiary/aromatic N) is 5. The molecule has 8 nitrogen and oxygen atoms in total. The summed E-state index contributed by atoms with van der Waals surface area (Å²) in [6.45, 7) is 4.03. The monoisotopic (exact) mass is 461 g/mol. The van der Waals surface area contributed by atoms with Crippen molar-refractivity contribution in [1.29, 1.82) is 0 Å². The van der Waals surface area contributed by atoms with Gasteiger partial charge in [-0.05, 0) is 43.0 Å². The highest BCUT2D eigenvalue weighted by Crippen LogP contribution is 2.26. The van der Waals surface area contributed by atoms with E-state index in [2.05, 4.69) is 31.9 Å². The predicted octanol–water partition coefficient (Wildman–Crippen LogP) is 3.67. The maximum absolute atomic E-state index is 11.6. The Hall–Kier alpha value is -2.36. The minimum Gasteiger partial charge on any atom is -0.368 e. The molecule has 1 atom stereocenters. The Kier molecular flexibility index (Phi) is 6.94. The van der Waals surface area contributed by atoms with Crippen LogP contribution in [0.5, 0.6) is 0 Å². The van der Waals surface area contributed by atoms with Crippen molar-refractivity contribution < 1.29 is 13.5 Å². The Morgan fingerprint density at radius 3 is 2.65 bits per heavy atom. The van der Waals surface area contributed by atoms with E-state index in [0.717, 1.165) is 43.9 Å². The van der Waals surface area contributed by atoms with Crippen LogP contribution >= 0.6 is 11.6 Å². The van der Waals surface area contributed by atoms with Gasteiger partial charge in [-0.2, -0.15) is 4.98 Å². The van der Waals surface area contributed by atoms with Crippen molar-refractivity contribution in [3.8, 4) is 11.4 Å². The van der Waals surface area contributed by atoms with E-state index < -0.39 is 10.8 Å². The third-order valence-corrected chi connectivity index (χ3v) is 6.64. The normalized spacial score (nSPS) is 15.9. The maximum atomic E-state index is 11.6. The molecular weight excluding hydrogens is 438 g/mol. The first-order valence-electron chi connectivity index (χ1n) is 10.2. The first kappa shape index (κ1) is 21.9. The van der Waals surface area contributed by atoms with Gasteiger partial charge in [-0.1, -0.05) is 23.7 Å². The zero-order valence-corrected chi connectivity index (χ0v) is 19.0. The predicted molar refractivity (Wildman–Crippen MR) is 119 cm³/mol. The molecule has 0 radical (unpaired) electrons. The van der Waals surface area contributed by atoms with Gasteiger partial charge in [0.2, 0.25) is 11.8 Å². The van der Waals surface area contributed by atoms with Crippen LogP contribution < -0.4 is 4.90 Å². The molecule has 0 saturated carbocycles. The lowest BCUT2D eigenvalue weighted by atomic mass is 10.1. The Labute approximate surface area is 188 Å². The van der Waals surface area contributed by atoms with Crippen molar-refractivity contribution in [2.45, 2.75) is 43.8 Å². The number of rotatable bonds is 7. The second-order valence-electron chi connectivity index (χ2n) is 7.35. The summed E-state index contributed by atoms with van der Waals surface area (Å²) >= 11 is 6.20. The fourth-order valence-corrected chi connectivity index (χ4v) is 4.51. The van der Waals surface area contributed by atoms with Crippen molar-refractivity contribution in [1.82, 2.24) is 20.1 Å². The number of benzene rings is 1. The van der Waals surface area contributed by atoms with E-state index in [4.69, 9.17) is 20.9 Å². The molecule has 2 aromatic heterocycles. The molecular formula is C21H24ClN5O3S. The summed E-state index contributed by atoms with van der Waals surface area (Å²) in [5.41, 5.74) is 1.84. The van der Waals surface area contributed by atoms with Crippen molar-refractivity contribution in [2.24, 2.45) is 0 Å². The molecule has 3 heterocycles. The molecule has 1 fully saturated rings.